The number of carbonyl (C=O) groups is 2. The lowest BCUT2D eigenvalue weighted by molar-refractivity contribution is -0.113. The Hall–Kier alpha value is -3.05. The molecule has 0 saturated heterocycles. The number of rotatable bonds is 10. The number of hydrogen-bond acceptors (Lipinski definition) is 8. The Kier molecular flexibility index (Phi) is 9.78. The van der Waals surface area contributed by atoms with Crippen molar-refractivity contribution in [1.82, 2.24) is 14.8 Å². The molecule has 0 bridgehead atoms. The lowest BCUT2D eigenvalue weighted by atomic mass is 10.0. The number of halogens is 2. The van der Waals surface area contributed by atoms with Gasteiger partial charge in [0, 0.05) is 27.5 Å². The third-order valence-corrected chi connectivity index (χ3v) is 8.78. The van der Waals surface area contributed by atoms with Gasteiger partial charge in [0.15, 0.2) is 17.1 Å². The van der Waals surface area contributed by atoms with Gasteiger partial charge < -0.3 is 19.4 Å². The number of nitrogens with one attached hydrogen (secondary N) is 1. The van der Waals surface area contributed by atoms with Crippen LogP contribution in [0.25, 0.3) is 11.1 Å². The third kappa shape index (κ3) is 6.63. The molecule has 210 valence electrons. The minimum atomic E-state index is -0.537. The van der Waals surface area contributed by atoms with Crippen LogP contribution < -0.4 is 10.1 Å². The fourth-order valence-corrected chi connectivity index (χ4v) is 6.14. The lowest BCUT2D eigenvalue weighted by Gasteiger charge is -2.17. The van der Waals surface area contributed by atoms with E-state index in [1.807, 2.05) is 61.9 Å². The number of nitrogens with zero attached hydrogens (tertiary/aromatic N) is 3. The summed E-state index contributed by atoms with van der Waals surface area (Å²) in [5.74, 6) is 0.585. The number of benzene rings is 2. The Morgan fingerprint density at radius 1 is 1.12 bits per heavy atom. The van der Waals surface area contributed by atoms with Crippen LogP contribution in [-0.4, -0.2) is 39.5 Å². The van der Waals surface area contributed by atoms with Gasteiger partial charge in [0.2, 0.25) is 5.91 Å². The van der Waals surface area contributed by atoms with Crippen molar-refractivity contribution in [3.63, 3.8) is 0 Å². The number of thioether (sulfide) groups is 1. The number of methoxy groups -OCH3 is 1. The molecule has 0 aliphatic rings. The molecule has 8 nitrogen and oxygen atoms in total. The van der Waals surface area contributed by atoms with E-state index in [4.69, 9.17) is 32.7 Å². The first-order chi connectivity index (χ1) is 19.1. The molecule has 0 saturated carbocycles. The number of anilines is 1. The second kappa shape index (κ2) is 13.1. The van der Waals surface area contributed by atoms with Crippen LogP contribution >= 0.6 is 46.3 Å². The SMILES string of the molecule is CCn1c(SCC(=O)Nc2scc(-c3ccc(Cl)cc3)c2C(=O)OC)nnc1C(C)Oc1cc(C)c(Cl)c(C)c1. The molecule has 0 aliphatic heterocycles. The number of hydrogen-bond donors (Lipinski definition) is 1. The van der Waals surface area contributed by atoms with E-state index in [0.29, 0.717) is 44.4 Å². The van der Waals surface area contributed by atoms with Crippen molar-refractivity contribution in [3.8, 4) is 16.9 Å². The van der Waals surface area contributed by atoms with E-state index in [0.717, 1.165) is 21.7 Å². The highest BCUT2D eigenvalue weighted by molar-refractivity contribution is 7.99. The molecule has 2 heterocycles. The lowest BCUT2D eigenvalue weighted by Crippen LogP contribution is -2.17. The summed E-state index contributed by atoms with van der Waals surface area (Å²) in [6.45, 7) is 8.35. The minimum absolute atomic E-state index is 0.0672. The van der Waals surface area contributed by atoms with Gasteiger partial charge in [-0.05, 0) is 68.7 Å². The summed E-state index contributed by atoms with van der Waals surface area (Å²) >= 11 is 14.8. The Morgan fingerprint density at radius 3 is 2.42 bits per heavy atom. The normalized spacial score (nSPS) is 11.8. The highest BCUT2D eigenvalue weighted by Gasteiger charge is 2.24. The van der Waals surface area contributed by atoms with E-state index in [9.17, 15) is 9.59 Å². The van der Waals surface area contributed by atoms with Crippen LogP contribution in [0, 0.1) is 13.8 Å². The Morgan fingerprint density at radius 2 is 1.80 bits per heavy atom. The van der Waals surface area contributed by atoms with Gasteiger partial charge in [-0.3, -0.25) is 4.79 Å². The molecular weight excluding hydrogens is 591 g/mol. The molecule has 0 radical (unpaired) electrons. The van der Waals surface area contributed by atoms with E-state index in [2.05, 4.69) is 15.5 Å². The van der Waals surface area contributed by atoms with E-state index in [1.54, 1.807) is 12.1 Å². The van der Waals surface area contributed by atoms with Gasteiger partial charge in [-0.2, -0.15) is 0 Å². The van der Waals surface area contributed by atoms with Crippen LogP contribution in [-0.2, 0) is 16.1 Å². The monoisotopic (exact) mass is 618 g/mol. The third-order valence-electron chi connectivity index (χ3n) is 6.07. The molecule has 2 aromatic heterocycles. The largest absolute Gasteiger partial charge is 0.483 e. The maximum absolute atomic E-state index is 12.9. The first kappa shape index (κ1) is 29.9. The van der Waals surface area contributed by atoms with Gasteiger partial charge in [0.1, 0.15) is 16.3 Å². The summed E-state index contributed by atoms with van der Waals surface area (Å²) in [5, 5.41) is 15.6. The van der Waals surface area contributed by atoms with Crippen molar-refractivity contribution < 1.29 is 19.1 Å². The standard InChI is InChI=1S/C28H28Cl2N4O4S2/c1-6-34-25(17(4)38-20-11-15(2)24(30)16(3)12-20)32-33-28(34)40-14-22(35)31-26-23(27(36)37-5)21(13-39-26)18-7-9-19(29)10-8-18/h7-13,17H,6,14H2,1-5H3,(H,31,35). The van der Waals surface area contributed by atoms with Crippen molar-refractivity contribution >= 4 is 63.2 Å². The molecule has 1 atom stereocenters. The van der Waals surface area contributed by atoms with Gasteiger partial charge in [0.05, 0.1) is 12.9 Å². The van der Waals surface area contributed by atoms with Crippen LogP contribution in [0.5, 0.6) is 5.75 Å². The highest BCUT2D eigenvalue weighted by atomic mass is 35.5. The molecule has 4 rings (SSSR count). The average Bonchev–Trinajstić information content (AvgIpc) is 3.54. The van der Waals surface area contributed by atoms with Crippen LogP contribution in [0.3, 0.4) is 0 Å². The van der Waals surface area contributed by atoms with Crippen molar-refractivity contribution in [2.45, 2.75) is 45.5 Å². The van der Waals surface area contributed by atoms with E-state index in [-0.39, 0.29) is 17.8 Å². The second-order valence-corrected chi connectivity index (χ2v) is 11.5. The zero-order valence-corrected chi connectivity index (χ0v) is 25.7. The van der Waals surface area contributed by atoms with Crippen molar-refractivity contribution in [1.29, 1.82) is 0 Å². The van der Waals surface area contributed by atoms with Gasteiger partial charge in [-0.1, -0.05) is 47.1 Å². The summed E-state index contributed by atoms with van der Waals surface area (Å²) in [6, 6.07) is 10.9. The van der Waals surface area contributed by atoms with Crippen molar-refractivity contribution in [2.75, 3.05) is 18.2 Å². The van der Waals surface area contributed by atoms with E-state index in [1.165, 1.54) is 30.2 Å². The Balaban J connectivity index is 1.46. The molecular formula is C28H28Cl2N4O4S2. The van der Waals surface area contributed by atoms with Crippen LogP contribution in [0.4, 0.5) is 5.00 Å². The molecule has 12 heteroatoms. The van der Waals surface area contributed by atoms with Gasteiger partial charge >= 0.3 is 5.97 Å². The van der Waals surface area contributed by atoms with Crippen LogP contribution in [0.2, 0.25) is 10.0 Å². The highest BCUT2D eigenvalue weighted by Crippen LogP contribution is 2.37. The summed E-state index contributed by atoms with van der Waals surface area (Å²) in [5.41, 5.74) is 3.62. The number of carbonyl (C=O) groups excluding carboxylic acids is 2. The smallest absolute Gasteiger partial charge is 0.341 e. The quantitative estimate of drug-likeness (QED) is 0.144. The first-order valence-corrected chi connectivity index (χ1v) is 15.0. The zero-order valence-electron chi connectivity index (χ0n) is 22.6. The first-order valence-electron chi connectivity index (χ1n) is 12.4. The van der Waals surface area contributed by atoms with E-state index < -0.39 is 5.97 Å². The number of thiophene rings is 1. The molecule has 0 spiro atoms. The fourth-order valence-electron chi connectivity index (χ4n) is 4.13. The van der Waals surface area contributed by atoms with Crippen molar-refractivity contribution in [2.24, 2.45) is 0 Å². The molecule has 1 unspecified atom stereocenters. The Bertz CT molecular complexity index is 1510. The maximum Gasteiger partial charge on any atom is 0.341 e. The van der Waals surface area contributed by atoms with Gasteiger partial charge in [0.25, 0.3) is 0 Å². The van der Waals surface area contributed by atoms with Crippen LogP contribution in [0.15, 0.2) is 46.9 Å². The predicted octanol–water partition coefficient (Wildman–Crippen LogP) is 7.61. The molecule has 0 fully saturated rings. The number of ether oxygens (including phenoxy) is 2. The topological polar surface area (TPSA) is 95.3 Å². The second-order valence-electron chi connectivity index (χ2n) is 8.90. The summed E-state index contributed by atoms with van der Waals surface area (Å²) in [4.78, 5) is 25.5. The summed E-state index contributed by atoms with van der Waals surface area (Å²) < 4.78 is 13.1. The summed E-state index contributed by atoms with van der Waals surface area (Å²) in [6.07, 6.45) is -0.379. The molecule has 1 amide bonds. The van der Waals surface area contributed by atoms with Crippen molar-refractivity contribution in [3.05, 3.63) is 74.3 Å². The van der Waals surface area contributed by atoms with Gasteiger partial charge in [-0.15, -0.1) is 21.5 Å². The summed E-state index contributed by atoms with van der Waals surface area (Å²) in [7, 11) is 1.31. The zero-order chi connectivity index (χ0) is 29.0. The molecule has 40 heavy (non-hydrogen) atoms. The Labute approximate surface area is 251 Å². The van der Waals surface area contributed by atoms with Crippen LogP contribution in [0.1, 0.15) is 47.3 Å². The predicted molar refractivity (Wildman–Crippen MR) is 161 cm³/mol. The minimum Gasteiger partial charge on any atom is -0.483 e. The van der Waals surface area contributed by atoms with E-state index >= 15 is 0 Å². The number of aromatic nitrogens is 3. The molecule has 4 aromatic rings. The molecule has 2 aromatic carbocycles. The fraction of sp³-hybridized carbons (Fsp3) is 0.286. The maximum atomic E-state index is 12.9. The average molecular weight is 620 g/mol. The molecule has 1 N–H and O–H groups in total. The number of amides is 1. The van der Waals surface area contributed by atoms with Gasteiger partial charge in [-0.25, -0.2) is 4.79 Å². The number of esters is 1. The molecule has 0 aliphatic carbocycles. The number of aryl methyl sites for hydroxylation is 2.